The maximum Gasteiger partial charge on any atom is 0.253 e. The smallest absolute Gasteiger partial charge is 0.253 e. The van der Waals surface area contributed by atoms with Gasteiger partial charge in [-0.1, -0.05) is 36.8 Å². The van der Waals surface area contributed by atoms with Gasteiger partial charge < -0.3 is 9.72 Å². The number of methoxy groups -OCH3 is 1. The summed E-state index contributed by atoms with van der Waals surface area (Å²) in [6.45, 7) is 2.35. The van der Waals surface area contributed by atoms with E-state index in [1.54, 1.807) is 7.11 Å². The minimum absolute atomic E-state index is 0.118. The normalized spacial score (nSPS) is 15.7. The zero-order valence-corrected chi connectivity index (χ0v) is 18.1. The molecule has 2 aromatic carbocycles. The van der Waals surface area contributed by atoms with Gasteiger partial charge in [0.25, 0.3) is 5.56 Å². The number of piperidine rings is 1. The van der Waals surface area contributed by atoms with Crippen LogP contribution in [0, 0.1) is 0 Å². The quantitative estimate of drug-likeness (QED) is 0.506. The molecule has 1 aliphatic heterocycles. The van der Waals surface area contributed by atoms with Gasteiger partial charge in [-0.3, -0.25) is 9.69 Å². The Balaban J connectivity index is 1.62. The highest BCUT2D eigenvalue weighted by atomic mass is 16.5. The van der Waals surface area contributed by atoms with Gasteiger partial charge in [-0.25, -0.2) is 4.68 Å². The minimum Gasteiger partial charge on any atom is -0.497 e. The SMILES string of the molecule is COc1ccc2[nH]c(=O)c(C(c3nnnn3Cc3ccccc3)N3CCCCC3)cc2c1. The summed E-state index contributed by atoms with van der Waals surface area (Å²) < 4.78 is 7.20. The Bertz CT molecular complexity index is 1260. The lowest BCUT2D eigenvalue weighted by Crippen LogP contribution is -2.38. The Hall–Kier alpha value is -3.52. The molecule has 4 aromatic rings. The summed E-state index contributed by atoms with van der Waals surface area (Å²) in [4.78, 5) is 18.6. The number of ether oxygens (including phenoxy) is 1. The van der Waals surface area contributed by atoms with Crippen LogP contribution in [0.1, 0.15) is 42.3 Å². The number of aromatic nitrogens is 5. The number of fused-ring (bicyclic) bond motifs is 1. The highest BCUT2D eigenvalue weighted by Gasteiger charge is 2.31. The van der Waals surface area contributed by atoms with Crippen LogP contribution < -0.4 is 10.3 Å². The molecule has 5 rings (SSSR count). The first kappa shape index (κ1) is 20.4. The molecule has 3 heterocycles. The fourth-order valence-electron chi connectivity index (χ4n) is 4.48. The fourth-order valence-corrected chi connectivity index (χ4v) is 4.48. The van der Waals surface area contributed by atoms with Crippen molar-refractivity contribution in [3.8, 4) is 5.75 Å². The van der Waals surface area contributed by atoms with E-state index in [1.165, 1.54) is 6.42 Å². The maximum atomic E-state index is 13.2. The van der Waals surface area contributed by atoms with Crippen LogP contribution in [-0.2, 0) is 6.54 Å². The second kappa shape index (κ2) is 8.92. The molecular formula is C24H26N6O2. The number of pyridine rings is 1. The van der Waals surface area contributed by atoms with Crippen molar-refractivity contribution >= 4 is 10.9 Å². The van der Waals surface area contributed by atoms with E-state index in [9.17, 15) is 4.79 Å². The number of rotatable bonds is 6. The van der Waals surface area contributed by atoms with Crippen molar-refractivity contribution in [1.82, 2.24) is 30.1 Å². The average Bonchev–Trinajstić information content (AvgIpc) is 3.28. The summed E-state index contributed by atoms with van der Waals surface area (Å²) in [5.74, 6) is 1.43. The number of hydrogen-bond acceptors (Lipinski definition) is 6. The van der Waals surface area contributed by atoms with E-state index in [1.807, 2.05) is 47.1 Å². The largest absolute Gasteiger partial charge is 0.497 e. The number of nitrogens with zero attached hydrogens (tertiary/aromatic N) is 5. The summed E-state index contributed by atoms with van der Waals surface area (Å²) in [5, 5.41) is 13.6. The molecule has 1 atom stereocenters. The van der Waals surface area contributed by atoms with Gasteiger partial charge >= 0.3 is 0 Å². The Labute approximate surface area is 185 Å². The molecule has 1 fully saturated rings. The van der Waals surface area contributed by atoms with Crippen LogP contribution in [0.4, 0.5) is 0 Å². The van der Waals surface area contributed by atoms with Crippen molar-refractivity contribution in [2.24, 2.45) is 0 Å². The lowest BCUT2D eigenvalue weighted by atomic mass is 10.0. The topological polar surface area (TPSA) is 88.9 Å². The van der Waals surface area contributed by atoms with Crippen molar-refractivity contribution in [3.63, 3.8) is 0 Å². The molecule has 164 valence electrons. The van der Waals surface area contributed by atoms with Crippen LogP contribution in [0.15, 0.2) is 59.4 Å². The summed E-state index contributed by atoms with van der Waals surface area (Å²) in [7, 11) is 1.64. The third kappa shape index (κ3) is 4.01. The fraction of sp³-hybridized carbons (Fsp3) is 0.333. The molecule has 32 heavy (non-hydrogen) atoms. The van der Waals surface area contributed by atoms with Gasteiger partial charge in [0.05, 0.1) is 13.7 Å². The first-order valence-electron chi connectivity index (χ1n) is 11.0. The van der Waals surface area contributed by atoms with Gasteiger partial charge in [0, 0.05) is 16.5 Å². The Morgan fingerprint density at radius 2 is 1.88 bits per heavy atom. The van der Waals surface area contributed by atoms with Crippen molar-refractivity contribution in [1.29, 1.82) is 0 Å². The van der Waals surface area contributed by atoms with Crippen molar-refractivity contribution in [2.75, 3.05) is 20.2 Å². The van der Waals surface area contributed by atoms with Crippen LogP contribution in [-0.4, -0.2) is 50.3 Å². The van der Waals surface area contributed by atoms with Gasteiger partial charge in [0.2, 0.25) is 0 Å². The molecule has 8 nitrogen and oxygen atoms in total. The van der Waals surface area contributed by atoms with E-state index in [0.29, 0.717) is 17.9 Å². The highest BCUT2D eigenvalue weighted by molar-refractivity contribution is 5.80. The number of nitrogens with one attached hydrogen (secondary N) is 1. The van der Waals surface area contributed by atoms with Gasteiger partial charge in [-0.05, 0) is 66.2 Å². The average molecular weight is 431 g/mol. The molecule has 0 spiro atoms. The van der Waals surface area contributed by atoms with E-state index < -0.39 is 0 Å². The van der Waals surface area contributed by atoms with E-state index in [0.717, 1.165) is 48.1 Å². The summed E-state index contributed by atoms with van der Waals surface area (Å²) in [6.07, 6.45) is 3.38. The van der Waals surface area contributed by atoms with E-state index in [4.69, 9.17) is 4.74 Å². The summed E-state index contributed by atoms with van der Waals surface area (Å²) in [6, 6.07) is 17.4. The van der Waals surface area contributed by atoms with Gasteiger partial charge in [-0.15, -0.1) is 5.10 Å². The van der Waals surface area contributed by atoms with Crippen molar-refractivity contribution < 1.29 is 4.74 Å². The first-order valence-corrected chi connectivity index (χ1v) is 11.0. The van der Waals surface area contributed by atoms with Crippen LogP contribution in [0.2, 0.25) is 0 Å². The molecule has 0 amide bonds. The van der Waals surface area contributed by atoms with E-state index in [2.05, 4.69) is 37.5 Å². The maximum absolute atomic E-state index is 13.2. The van der Waals surface area contributed by atoms with Crippen molar-refractivity contribution in [3.05, 3.63) is 81.9 Å². The van der Waals surface area contributed by atoms with Crippen LogP contribution in [0.3, 0.4) is 0 Å². The number of aromatic amines is 1. The Morgan fingerprint density at radius 3 is 2.66 bits per heavy atom. The Morgan fingerprint density at radius 1 is 1.06 bits per heavy atom. The highest BCUT2D eigenvalue weighted by Crippen LogP contribution is 2.30. The summed E-state index contributed by atoms with van der Waals surface area (Å²) in [5.41, 5.74) is 2.42. The number of tetrazole rings is 1. The zero-order chi connectivity index (χ0) is 21.9. The van der Waals surface area contributed by atoms with Crippen molar-refractivity contribution in [2.45, 2.75) is 31.8 Å². The standard InChI is InChI=1S/C24H26N6O2/c1-32-19-10-11-21-18(14-19)15-20(24(31)25-21)22(29-12-6-3-7-13-29)23-26-27-28-30(23)16-17-8-4-2-5-9-17/h2,4-5,8-11,14-15,22H,3,6-7,12-13,16H2,1H3,(H,25,31). The lowest BCUT2D eigenvalue weighted by Gasteiger charge is -2.33. The molecular weight excluding hydrogens is 404 g/mol. The van der Waals surface area contributed by atoms with Crippen LogP contribution >= 0.6 is 0 Å². The number of benzene rings is 2. The molecule has 0 saturated carbocycles. The molecule has 1 saturated heterocycles. The van der Waals surface area contributed by atoms with Gasteiger partial charge in [0.1, 0.15) is 11.8 Å². The van der Waals surface area contributed by atoms with Crippen LogP contribution in [0.5, 0.6) is 5.75 Å². The molecule has 1 aliphatic rings. The molecule has 8 heteroatoms. The first-order chi connectivity index (χ1) is 15.7. The van der Waals surface area contributed by atoms with Crippen LogP contribution in [0.25, 0.3) is 10.9 Å². The summed E-state index contributed by atoms with van der Waals surface area (Å²) >= 11 is 0. The lowest BCUT2D eigenvalue weighted by molar-refractivity contribution is 0.177. The van der Waals surface area contributed by atoms with Gasteiger partial charge in [0.15, 0.2) is 5.82 Å². The molecule has 0 radical (unpaired) electrons. The number of H-pyrrole nitrogens is 1. The molecule has 1 unspecified atom stereocenters. The predicted octanol–water partition coefficient (Wildman–Crippen LogP) is 3.15. The zero-order valence-electron chi connectivity index (χ0n) is 18.1. The monoisotopic (exact) mass is 430 g/mol. The second-order valence-electron chi connectivity index (χ2n) is 8.19. The molecule has 0 aliphatic carbocycles. The molecule has 1 N–H and O–H groups in total. The third-order valence-corrected chi connectivity index (χ3v) is 6.11. The molecule has 0 bridgehead atoms. The minimum atomic E-state index is -0.326. The predicted molar refractivity (Wildman–Crippen MR) is 122 cm³/mol. The number of hydrogen-bond donors (Lipinski definition) is 1. The number of likely N-dealkylation sites (tertiary alicyclic amines) is 1. The second-order valence-corrected chi connectivity index (χ2v) is 8.19. The van der Waals surface area contributed by atoms with E-state index in [-0.39, 0.29) is 11.6 Å². The third-order valence-electron chi connectivity index (χ3n) is 6.11. The van der Waals surface area contributed by atoms with Gasteiger partial charge in [-0.2, -0.15) is 0 Å². The van der Waals surface area contributed by atoms with E-state index >= 15 is 0 Å². The Kier molecular flexibility index (Phi) is 5.68. The molecule has 2 aromatic heterocycles.